The second-order valence-corrected chi connectivity index (χ2v) is 6.53. The number of rotatable bonds is 5. The normalized spacial score (nSPS) is 32.3. The van der Waals surface area contributed by atoms with Gasteiger partial charge in [0, 0.05) is 12.2 Å². The smallest absolute Gasteiger partial charge is 0.326 e. The van der Waals surface area contributed by atoms with Crippen molar-refractivity contribution in [2.75, 3.05) is 5.75 Å². The fraction of sp³-hybridized carbons (Fsp3) is 0.769. The Morgan fingerprint density at radius 2 is 2.20 bits per heavy atom. The van der Waals surface area contributed by atoms with Gasteiger partial charge in [-0.05, 0) is 12.3 Å². The number of amides is 2. The monoisotopic (exact) mass is 300 g/mol. The molecule has 0 aromatic heterocycles. The summed E-state index contributed by atoms with van der Waals surface area (Å²) >= 11 is 1.55. The van der Waals surface area contributed by atoms with E-state index in [9.17, 15) is 19.5 Å². The summed E-state index contributed by atoms with van der Waals surface area (Å²) in [6.45, 7) is 3.84. The summed E-state index contributed by atoms with van der Waals surface area (Å²) in [5.41, 5.74) is 0. The number of thioether (sulfide) groups is 1. The van der Waals surface area contributed by atoms with E-state index in [4.69, 9.17) is 0 Å². The Kier molecular flexibility index (Phi) is 4.57. The molecule has 2 fully saturated rings. The van der Waals surface area contributed by atoms with Gasteiger partial charge in [0.2, 0.25) is 11.8 Å². The van der Waals surface area contributed by atoms with Crippen LogP contribution in [0.4, 0.5) is 0 Å². The van der Waals surface area contributed by atoms with E-state index in [-0.39, 0.29) is 23.1 Å². The summed E-state index contributed by atoms with van der Waals surface area (Å²) in [5, 5.41) is 11.7. The third kappa shape index (κ3) is 2.63. The number of hydrogen-bond acceptors (Lipinski definition) is 4. The number of β-lactam (4-membered cyclic amide) rings is 1. The van der Waals surface area contributed by atoms with Crippen LogP contribution < -0.4 is 5.32 Å². The molecule has 0 saturated carbocycles. The fourth-order valence-electron chi connectivity index (χ4n) is 2.65. The molecule has 2 heterocycles. The number of carbonyl (C=O) groups excluding carboxylic acids is 2. The largest absolute Gasteiger partial charge is 0.480 e. The molecule has 6 nitrogen and oxygen atoms in total. The fourth-order valence-corrected chi connectivity index (χ4v) is 4.11. The number of fused-ring (bicyclic) bond motifs is 1. The van der Waals surface area contributed by atoms with Gasteiger partial charge in [-0.15, -0.1) is 11.8 Å². The van der Waals surface area contributed by atoms with Gasteiger partial charge in [-0.3, -0.25) is 9.59 Å². The topological polar surface area (TPSA) is 86.7 Å². The summed E-state index contributed by atoms with van der Waals surface area (Å²) in [6.07, 6.45) is 2.13. The third-order valence-corrected chi connectivity index (χ3v) is 5.33. The Hall–Kier alpha value is -1.24. The number of carboxylic acids is 1. The van der Waals surface area contributed by atoms with E-state index in [1.165, 1.54) is 4.90 Å². The lowest BCUT2D eigenvalue weighted by atomic mass is 9.95. The van der Waals surface area contributed by atoms with Crippen LogP contribution in [-0.4, -0.2) is 51.0 Å². The van der Waals surface area contributed by atoms with E-state index in [0.717, 1.165) is 12.8 Å². The average molecular weight is 300 g/mol. The average Bonchev–Trinajstić information content (AvgIpc) is 2.41. The molecule has 4 atom stereocenters. The molecule has 0 aromatic rings. The van der Waals surface area contributed by atoms with E-state index in [2.05, 4.69) is 5.32 Å². The van der Waals surface area contributed by atoms with Crippen LogP contribution in [0.2, 0.25) is 0 Å². The number of unbranched alkanes of at least 4 members (excludes halogenated alkanes) is 1. The Bertz CT molecular complexity index is 429. The number of nitrogens with zero attached hydrogens (tertiary/aromatic N) is 1. The van der Waals surface area contributed by atoms with E-state index in [1.54, 1.807) is 11.8 Å². The zero-order valence-corrected chi connectivity index (χ0v) is 12.5. The van der Waals surface area contributed by atoms with Crippen LogP contribution >= 0.6 is 11.8 Å². The molecule has 0 radical (unpaired) electrons. The van der Waals surface area contributed by atoms with Crippen LogP contribution in [-0.2, 0) is 14.4 Å². The lowest BCUT2D eigenvalue weighted by molar-refractivity contribution is -0.164. The molecule has 2 saturated heterocycles. The first-order chi connectivity index (χ1) is 9.47. The quantitative estimate of drug-likeness (QED) is 0.729. The standard InChI is InChI=1S/C13H20N2O4S/c1-3-4-5-8(16)14-9-11(17)15-10(13(18)19)7(2)6-20-12(9)15/h7,9-10,12H,3-6H2,1-2H3,(H,14,16)(H,18,19)/t7?,9-,10?,12-/m1/s1. The van der Waals surface area contributed by atoms with Gasteiger partial charge in [-0.25, -0.2) is 4.79 Å². The summed E-state index contributed by atoms with van der Waals surface area (Å²) in [5.74, 6) is -0.754. The van der Waals surface area contributed by atoms with Crippen molar-refractivity contribution in [1.29, 1.82) is 0 Å². The first kappa shape index (κ1) is 15.2. The zero-order valence-electron chi connectivity index (χ0n) is 11.7. The van der Waals surface area contributed by atoms with Crippen molar-refractivity contribution in [3.63, 3.8) is 0 Å². The highest BCUT2D eigenvalue weighted by molar-refractivity contribution is 8.00. The van der Waals surface area contributed by atoms with E-state index < -0.39 is 18.1 Å². The summed E-state index contributed by atoms with van der Waals surface area (Å²) in [7, 11) is 0. The van der Waals surface area contributed by atoms with Crippen molar-refractivity contribution in [2.45, 2.75) is 50.6 Å². The van der Waals surface area contributed by atoms with Crippen LogP contribution in [0, 0.1) is 5.92 Å². The molecule has 2 amide bonds. The third-order valence-electron chi connectivity index (χ3n) is 3.78. The van der Waals surface area contributed by atoms with Gasteiger partial charge in [0.25, 0.3) is 0 Å². The number of carboxylic acid groups (broad SMARTS) is 1. The maximum atomic E-state index is 12.1. The number of nitrogens with one attached hydrogen (secondary N) is 1. The van der Waals surface area contributed by atoms with Crippen molar-refractivity contribution in [3.05, 3.63) is 0 Å². The van der Waals surface area contributed by atoms with Crippen molar-refractivity contribution < 1.29 is 19.5 Å². The predicted octanol–water partition coefficient (Wildman–Crippen LogP) is 0.666. The molecule has 2 N–H and O–H groups in total. The van der Waals surface area contributed by atoms with Gasteiger partial charge in [0.15, 0.2) is 0 Å². The number of hydrogen-bond donors (Lipinski definition) is 2. The van der Waals surface area contributed by atoms with Crippen LogP contribution in [0.3, 0.4) is 0 Å². The van der Waals surface area contributed by atoms with E-state index in [0.29, 0.717) is 12.2 Å². The van der Waals surface area contributed by atoms with Crippen LogP contribution in [0.25, 0.3) is 0 Å². The maximum absolute atomic E-state index is 12.1. The molecule has 7 heteroatoms. The minimum Gasteiger partial charge on any atom is -0.480 e. The molecule has 0 aliphatic carbocycles. The molecule has 2 rings (SSSR count). The van der Waals surface area contributed by atoms with Crippen molar-refractivity contribution in [1.82, 2.24) is 10.2 Å². The Labute approximate surface area is 122 Å². The molecule has 20 heavy (non-hydrogen) atoms. The second kappa shape index (κ2) is 6.03. The molecule has 2 aliphatic heterocycles. The van der Waals surface area contributed by atoms with Crippen molar-refractivity contribution in [3.8, 4) is 0 Å². The lowest BCUT2D eigenvalue weighted by Crippen LogP contribution is -2.75. The van der Waals surface area contributed by atoms with Crippen LogP contribution in [0.1, 0.15) is 33.1 Å². The molecule has 2 unspecified atom stereocenters. The highest BCUT2D eigenvalue weighted by Crippen LogP contribution is 2.40. The number of aliphatic carboxylic acids is 1. The van der Waals surface area contributed by atoms with E-state index >= 15 is 0 Å². The van der Waals surface area contributed by atoms with Gasteiger partial charge in [0.1, 0.15) is 17.5 Å². The zero-order chi connectivity index (χ0) is 14.9. The number of carbonyl (C=O) groups is 3. The molecule has 0 aromatic carbocycles. The van der Waals surface area contributed by atoms with Gasteiger partial charge >= 0.3 is 5.97 Å². The molecule has 0 bridgehead atoms. The minimum absolute atomic E-state index is 0.0746. The maximum Gasteiger partial charge on any atom is 0.326 e. The second-order valence-electron chi connectivity index (χ2n) is 5.38. The van der Waals surface area contributed by atoms with E-state index in [1.807, 2.05) is 13.8 Å². The molecular weight excluding hydrogens is 280 g/mol. The summed E-state index contributed by atoms with van der Waals surface area (Å²) in [4.78, 5) is 36.5. The summed E-state index contributed by atoms with van der Waals surface area (Å²) < 4.78 is 0. The molecule has 112 valence electrons. The van der Waals surface area contributed by atoms with Crippen LogP contribution in [0.15, 0.2) is 0 Å². The van der Waals surface area contributed by atoms with Crippen molar-refractivity contribution in [2.24, 2.45) is 5.92 Å². The first-order valence-electron chi connectivity index (χ1n) is 6.93. The van der Waals surface area contributed by atoms with Crippen LogP contribution in [0.5, 0.6) is 0 Å². The van der Waals surface area contributed by atoms with Gasteiger partial charge in [-0.2, -0.15) is 0 Å². The first-order valence-corrected chi connectivity index (χ1v) is 7.98. The minimum atomic E-state index is -0.966. The lowest BCUT2D eigenvalue weighted by Gasteiger charge is -2.53. The Morgan fingerprint density at radius 1 is 1.50 bits per heavy atom. The Morgan fingerprint density at radius 3 is 2.80 bits per heavy atom. The van der Waals surface area contributed by atoms with Gasteiger partial charge in [-0.1, -0.05) is 20.3 Å². The molecule has 0 spiro atoms. The van der Waals surface area contributed by atoms with Gasteiger partial charge in [0.05, 0.1) is 0 Å². The predicted molar refractivity (Wildman–Crippen MR) is 75.1 cm³/mol. The highest BCUT2D eigenvalue weighted by atomic mass is 32.2. The molecular formula is C13H20N2O4S. The SMILES string of the molecule is CCCCC(=O)N[C@@H]1C(=O)N2C(C(=O)O)C(C)CS[C@H]12. The van der Waals surface area contributed by atoms with Crippen molar-refractivity contribution >= 4 is 29.5 Å². The summed E-state index contributed by atoms with van der Waals surface area (Å²) in [6, 6.07) is -1.32. The van der Waals surface area contributed by atoms with Gasteiger partial charge < -0.3 is 15.3 Å². The Balaban J connectivity index is 1.99. The molecule has 2 aliphatic rings. The highest BCUT2D eigenvalue weighted by Gasteiger charge is 2.56.